The zero-order valence-electron chi connectivity index (χ0n) is 16.8. The van der Waals surface area contributed by atoms with E-state index in [1.54, 1.807) is 12.3 Å². The number of para-hydroxylation sites is 1. The van der Waals surface area contributed by atoms with E-state index in [0.717, 1.165) is 18.1 Å². The molecule has 0 aromatic heterocycles. The Hall–Kier alpha value is -2.87. The summed E-state index contributed by atoms with van der Waals surface area (Å²) < 4.78 is 5.22. The van der Waals surface area contributed by atoms with E-state index in [1.165, 1.54) is 30.8 Å². The number of esters is 1. The molecule has 0 fully saturated rings. The van der Waals surface area contributed by atoms with Gasteiger partial charge in [-0.15, -0.1) is 11.8 Å². The second-order valence-electron chi connectivity index (χ2n) is 6.58. The van der Waals surface area contributed by atoms with E-state index >= 15 is 0 Å². The van der Waals surface area contributed by atoms with Crippen LogP contribution in [0.2, 0.25) is 0 Å². The number of thioether (sulfide) groups is 1. The van der Waals surface area contributed by atoms with Gasteiger partial charge in [-0.05, 0) is 49.3 Å². The summed E-state index contributed by atoms with van der Waals surface area (Å²) >= 11 is 1.21. The summed E-state index contributed by atoms with van der Waals surface area (Å²) in [7, 11) is 0. The van der Waals surface area contributed by atoms with E-state index in [9.17, 15) is 19.7 Å². The van der Waals surface area contributed by atoms with E-state index in [4.69, 9.17) is 4.74 Å². The molecule has 154 valence electrons. The van der Waals surface area contributed by atoms with E-state index in [-0.39, 0.29) is 17.2 Å². The Labute approximate surface area is 174 Å². The number of anilines is 1. The van der Waals surface area contributed by atoms with Crippen molar-refractivity contribution in [2.75, 3.05) is 11.6 Å². The minimum absolute atomic E-state index is 0.0224. The Morgan fingerprint density at radius 3 is 2.52 bits per heavy atom. The van der Waals surface area contributed by atoms with Crippen LogP contribution < -0.4 is 5.32 Å². The molecule has 0 heterocycles. The van der Waals surface area contributed by atoms with Crippen LogP contribution in [0.3, 0.4) is 0 Å². The van der Waals surface area contributed by atoms with E-state index in [0.29, 0.717) is 10.6 Å². The Morgan fingerprint density at radius 1 is 1.21 bits per heavy atom. The summed E-state index contributed by atoms with van der Waals surface area (Å²) in [4.78, 5) is 36.0. The third kappa shape index (κ3) is 5.57. The minimum Gasteiger partial charge on any atom is -0.449 e. The van der Waals surface area contributed by atoms with E-state index in [1.807, 2.05) is 18.2 Å². The molecule has 2 aromatic carbocycles. The molecule has 0 unspecified atom stereocenters. The Balaban J connectivity index is 2.11. The second kappa shape index (κ2) is 10.1. The number of nitrogens with one attached hydrogen (secondary N) is 1. The smallest absolute Gasteiger partial charge is 0.339 e. The summed E-state index contributed by atoms with van der Waals surface area (Å²) in [6, 6.07) is 11.6. The van der Waals surface area contributed by atoms with Crippen LogP contribution in [-0.4, -0.2) is 29.2 Å². The number of carbonyl (C=O) groups is 2. The van der Waals surface area contributed by atoms with Crippen molar-refractivity contribution in [2.24, 2.45) is 0 Å². The predicted molar refractivity (Wildman–Crippen MR) is 114 cm³/mol. The van der Waals surface area contributed by atoms with Crippen LogP contribution in [0.25, 0.3) is 0 Å². The molecule has 0 saturated heterocycles. The van der Waals surface area contributed by atoms with Gasteiger partial charge in [-0.25, -0.2) is 4.79 Å². The monoisotopic (exact) mass is 416 g/mol. The molecule has 2 aromatic rings. The van der Waals surface area contributed by atoms with Crippen LogP contribution in [-0.2, 0) is 9.53 Å². The molecular weight excluding hydrogens is 392 g/mol. The Morgan fingerprint density at radius 2 is 1.90 bits per heavy atom. The first kappa shape index (κ1) is 22.4. The number of amides is 1. The van der Waals surface area contributed by atoms with Crippen LogP contribution in [0.4, 0.5) is 11.4 Å². The topological polar surface area (TPSA) is 98.5 Å². The average Bonchev–Trinajstić information content (AvgIpc) is 2.72. The highest BCUT2D eigenvalue weighted by Crippen LogP contribution is 2.29. The lowest BCUT2D eigenvalue weighted by atomic mass is 9.97. The van der Waals surface area contributed by atoms with Gasteiger partial charge in [0.05, 0.1) is 15.4 Å². The molecule has 29 heavy (non-hydrogen) atoms. The van der Waals surface area contributed by atoms with Crippen LogP contribution in [0.15, 0.2) is 47.4 Å². The van der Waals surface area contributed by atoms with Crippen LogP contribution in [0, 0.1) is 10.1 Å². The van der Waals surface area contributed by atoms with Gasteiger partial charge in [0.25, 0.3) is 11.6 Å². The lowest BCUT2D eigenvalue weighted by molar-refractivity contribution is -0.387. The highest BCUT2D eigenvalue weighted by atomic mass is 32.2. The Bertz CT molecular complexity index is 916. The molecule has 0 aliphatic heterocycles. The number of benzene rings is 2. The number of nitro benzene ring substituents is 1. The van der Waals surface area contributed by atoms with Crippen molar-refractivity contribution in [1.29, 1.82) is 0 Å². The van der Waals surface area contributed by atoms with Crippen molar-refractivity contribution < 1.29 is 19.2 Å². The van der Waals surface area contributed by atoms with E-state index in [2.05, 4.69) is 19.2 Å². The van der Waals surface area contributed by atoms with Gasteiger partial charge in [0, 0.05) is 11.8 Å². The summed E-state index contributed by atoms with van der Waals surface area (Å²) in [5, 5.41) is 14.0. The fourth-order valence-corrected chi connectivity index (χ4v) is 3.28. The third-order valence-electron chi connectivity index (χ3n) is 4.63. The van der Waals surface area contributed by atoms with Crippen molar-refractivity contribution in [3.05, 3.63) is 63.7 Å². The highest BCUT2D eigenvalue weighted by Gasteiger charge is 2.23. The second-order valence-corrected chi connectivity index (χ2v) is 7.43. The number of ether oxygens (including phenoxy) is 1. The minimum atomic E-state index is -1.06. The Kier molecular flexibility index (Phi) is 7.78. The predicted octanol–water partition coefficient (Wildman–Crippen LogP) is 5.01. The van der Waals surface area contributed by atoms with Crippen molar-refractivity contribution in [3.8, 4) is 0 Å². The fourth-order valence-electron chi connectivity index (χ4n) is 2.74. The van der Waals surface area contributed by atoms with Gasteiger partial charge >= 0.3 is 5.97 Å². The number of hydrogen-bond acceptors (Lipinski definition) is 6. The van der Waals surface area contributed by atoms with Crippen LogP contribution in [0.1, 0.15) is 49.0 Å². The molecule has 2 rings (SSSR count). The molecule has 0 aliphatic carbocycles. The number of nitrogens with zero attached hydrogens (tertiary/aromatic N) is 1. The lowest BCUT2D eigenvalue weighted by Gasteiger charge is -2.18. The van der Waals surface area contributed by atoms with Gasteiger partial charge < -0.3 is 10.1 Å². The molecule has 0 bridgehead atoms. The maximum atomic E-state index is 12.5. The standard InChI is InChI=1S/C21H24N2O5S/c1-5-13(2)16-8-6-7-9-17(16)22-20(24)14(3)28-21(25)15-10-11-19(29-4)18(12-15)23(26)27/h6-14H,5H2,1-4H3,(H,22,24)/t13-,14-/m1/s1. The van der Waals surface area contributed by atoms with Gasteiger partial charge in [-0.2, -0.15) is 0 Å². The maximum Gasteiger partial charge on any atom is 0.339 e. The summed E-state index contributed by atoms with van der Waals surface area (Å²) in [6.45, 7) is 5.60. The van der Waals surface area contributed by atoms with Gasteiger partial charge in [0.15, 0.2) is 6.10 Å². The third-order valence-corrected chi connectivity index (χ3v) is 5.41. The SMILES string of the molecule is CC[C@@H](C)c1ccccc1NC(=O)[C@@H](C)OC(=O)c1ccc(SC)c([N+](=O)[O-])c1. The van der Waals surface area contributed by atoms with E-state index < -0.39 is 22.9 Å². The van der Waals surface area contributed by atoms with Crippen molar-refractivity contribution in [1.82, 2.24) is 0 Å². The molecule has 0 aliphatic rings. The average molecular weight is 416 g/mol. The zero-order chi connectivity index (χ0) is 21.6. The maximum absolute atomic E-state index is 12.5. The molecule has 0 spiro atoms. The summed E-state index contributed by atoms with van der Waals surface area (Å²) in [6.07, 6.45) is 1.57. The molecule has 1 N–H and O–H groups in total. The van der Waals surface area contributed by atoms with Crippen molar-refractivity contribution >= 4 is 35.0 Å². The molecule has 8 heteroatoms. The lowest BCUT2D eigenvalue weighted by Crippen LogP contribution is -2.30. The summed E-state index contributed by atoms with van der Waals surface area (Å²) in [5.41, 5.74) is 1.53. The first-order valence-electron chi connectivity index (χ1n) is 9.21. The van der Waals surface area contributed by atoms with Crippen molar-refractivity contribution in [3.63, 3.8) is 0 Å². The largest absolute Gasteiger partial charge is 0.449 e. The quantitative estimate of drug-likeness (QED) is 0.281. The molecule has 2 atom stereocenters. The van der Waals surface area contributed by atoms with Gasteiger partial charge in [-0.3, -0.25) is 14.9 Å². The number of nitro groups is 1. The number of hydrogen-bond donors (Lipinski definition) is 1. The molecule has 1 amide bonds. The normalized spacial score (nSPS) is 12.7. The fraction of sp³-hybridized carbons (Fsp3) is 0.333. The van der Waals surface area contributed by atoms with Gasteiger partial charge in [0.1, 0.15) is 0 Å². The number of carbonyl (C=O) groups excluding carboxylic acids is 2. The first-order valence-corrected chi connectivity index (χ1v) is 10.4. The molecule has 7 nitrogen and oxygen atoms in total. The van der Waals surface area contributed by atoms with Gasteiger partial charge in [-0.1, -0.05) is 32.0 Å². The molecular formula is C21H24N2O5S. The summed E-state index contributed by atoms with van der Waals surface area (Å²) in [5.74, 6) is -0.997. The molecule has 0 radical (unpaired) electrons. The highest BCUT2D eigenvalue weighted by molar-refractivity contribution is 7.98. The number of rotatable bonds is 8. The van der Waals surface area contributed by atoms with Gasteiger partial charge in [0.2, 0.25) is 0 Å². The zero-order valence-corrected chi connectivity index (χ0v) is 17.6. The molecule has 0 saturated carbocycles. The first-order chi connectivity index (χ1) is 13.8. The van der Waals surface area contributed by atoms with Crippen LogP contribution in [0.5, 0.6) is 0 Å². The van der Waals surface area contributed by atoms with Crippen molar-refractivity contribution in [2.45, 2.75) is 44.1 Å². The van der Waals surface area contributed by atoms with Crippen LogP contribution >= 0.6 is 11.8 Å².